The van der Waals surface area contributed by atoms with E-state index in [9.17, 15) is 9.59 Å². The first kappa shape index (κ1) is 20.1. The van der Waals surface area contributed by atoms with E-state index in [1.165, 1.54) is 11.9 Å². The van der Waals surface area contributed by atoms with Crippen molar-refractivity contribution in [2.45, 2.75) is 19.5 Å². The van der Waals surface area contributed by atoms with Crippen LogP contribution in [-0.2, 0) is 16.1 Å². The van der Waals surface area contributed by atoms with E-state index < -0.39 is 6.04 Å². The van der Waals surface area contributed by atoms with Crippen molar-refractivity contribution in [3.63, 3.8) is 0 Å². The SMILES string of the molecule is CNC(=O)C(C)N(Cc1ccc(Cl)cc1Cl)C(=O)COc1ccccc1. The van der Waals surface area contributed by atoms with Crippen LogP contribution in [0.25, 0.3) is 0 Å². The molecule has 0 aliphatic heterocycles. The van der Waals surface area contributed by atoms with Crippen LogP contribution in [0.4, 0.5) is 0 Å². The number of hydrogen-bond donors (Lipinski definition) is 1. The molecule has 1 atom stereocenters. The van der Waals surface area contributed by atoms with Gasteiger partial charge in [0.05, 0.1) is 0 Å². The van der Waals surface area contributed by atoms with Crippen molar-refractivity contribution in [1.29, 1.82) is 0 Å². The number of nitrogens with zero attached hydrogens (tertiary/aromatic N) is 1. The fourth-order valence-corrected chi connectivity index (χ4v) is 2.84. The average Bonchev–Trinajstić information content (AvgIpc) is 2.65. The summed E-state index contributed by atoms with van der Waals surface area (Å²) in [5, 5.41) is 3.49. The summed E-state index contributed by atoms with van der Waals surface area (Å²) in [7, 11) is 1.53. The Bertz CT molecular complexity index is 769. The average molecular weight is 395 g/mol. The van der Waals surface area contributed by atoms with Gasteiger partial charge in [-0.1, -0.05) is 47.5 Å². The van der Waals surface area contributed by atoms with Crippen LogP contribution >= 0.6 is 23.2 Å². The molecule has 0 heterocycles. The highest BCUT2D eigenvalue weighted by molar-refractivity contribution is 6.35. The van der Waals surface area contributed by atoms with Crippen molar-refractivity contribution in [3.8, 4) is 5.75 Å². The third-order valence-electron chi connectivity index (χ3n) is 3.88. The van der Waals surface area contributed by atoms with Gasteiger partial charge in [0.25, 0.3) is 5.91 Å². The molecule has 7 heteroatoms. The molecule has 0 aliphatic carbocycles. The van der Waals surface area contributed by atoms with E-state index in [4.69, 9.17) is 27.9 Å². The number of carbonyl (C=O) groups is 2. The molecule has 0 saturated heterocycles. The van der Waals surface area contributed by atoms with Crippen molar-refractivity contribution in [2.24, 2.45) is 0 Å². The van der Waals surface area contributed by atoms with Crippen molar-refractivity contribution in [2.75, 3.05) is 13.7 Å². The van der Waals surface area contributed by atoms with Gasteiger partial charge in [-0.15, -0.1) is 0 Å². The Morgan fingerprint density at radius 1 is 1.15 bits per heavy atom. The number of carbonyl (C=O) groups excluding carboxylic acids is 2. The van der Waals surface area contributed by atoms with Gasteiger partial charge in [-0.2, -0.15) is 0 Å². The Hall–Kier alpha value is -2.24. The van der Waals surface area contributed by atoms with Crippen LogP contribution in [0.5, 0.6) is 5.75 Å². The summed E-state index contributed by atoms with van der Waals surface area (Å²) in [4.78, 5) is 26.2. The van der Waals surface area contributed by atoms with E-state index in [1.807, 2.05) is 18.2 Å². The molecule has 0 spiro atoms. The van der Waals surface area contributed by atoms with Crippen LogP contribution in [0.1, 0.15) is 12.5 Å². The molecule has 0 saturated carbocycles. The predicted molar refractivity (Wildman–Crippen MR) is 102 cm³/mol. The number of para-hydroxylation sites is 1. The van der Waals surface area contributed by atoms with E-state index >= 15 is 0 Å². The maximum absolute atomic E-state index is 12.7. The highest BCUT2D eigenvalue weighted by atomic mass is 35.5. The lowest BCUT2D eigenvalue weighted by Gasteiger charge is -2.28. The van der Waals surface area contributed by atoms with Gasteiger partial charge in [-0.3, -0.25) is 9.59 Å². The zero-order valence-electron chi connectivity index (χ0n) is 14.5. The van der Waals surface area contributed by atoms with Gasteiger partial charge in [0.2, 0.25) is 5.91 Å². The summed E-state index contributed by atoms with van der Waals surface area (Å²) in [5.41, 5.74) is 0.694. The van der Waals surface area contributed by atoms with Gasteiger partial charge in [-0.05, 0) is 36.8 Å². The van der Waals surface area contributed by atoms with Crippen molar-refractivity contribution in [1.82, 2.24) is 10.2 Å². The molecule has 0 bridgehead atoms. The molecule has 1 N–H and O–H groups in total. The second kappa shape index (κ2) is 9.46. The number of likely N-dealkylation sites (N-methyl/N-ethyl adjacent to an activating group) is 1. The van der Waals surface area contributed by atoms with E-state index in [-0.39, 0.29) is 25.0 Å². The predicted octanol–water partition coefficient (Wildman–Crippen LogP) is 3.54. The van der Waals surface area contributed by atoms with Gasteiger partial charge < -0.3 is 15.0 Å². The number of ether oxygens (including phenoxy) is 1. The molecule has 0 radical (unpaired) electrons. The summed E-state index contributed by atoms with van der Waals surface area (Å²) in [6.45, 7) is 1.64. The van der Waals surface area contributed by atoms with Crippen LogP contribution in [-0.4, -0.2) is 36.4 Å². The van der Waals surface area contributed by atoms with Gasteiger partial charge in [0.1, 0.15) is 11.8 Å². The quantitative estimate of drug-likeness (QED) is 0.780. The molecule has 2 amide bonds. The zero-order chi connectivity index (χ0) is 19.1. The Kier molecular flexibility index (Phi) is 7.30. The summed E-state index contributed by atoms with van der Waals surface area (Å²) >= 11 is 12.1. The third kappa shape index (κ3) is 5.38. The third-order valence-corrected chi connectivity index (χ3v) is 4.46. The van der Waals surface area contributed by atoms with Crippen LogP contribution in [0.2, 0.25) is 10.0 Å². The summed E-state index contributed by atoms with van der Waals surface area (Å²) < 4.78 is 5.52. The minimum absolute atomic E-state index is 0.168. The molecule has 0 aromatic heterocycles. The molecule has 5 nitrogen and oxygen atoms in total. The van der Waals surface area contributed by atoms with E-state index in [2.05, 4.69) is 5.32 Å². The largest absolute Gasteiger partial charge is 0.484 e. The minimum atomic E-state index is -0.682. The highest BCUT2D eigenvalue weighted by Gasteiger charge is 2.26. The number of rotatable bonds is 7. The lowest BCUT2D eigenvalue weighted by Crippen LogP contribution is -2.48. The topological polar surface area (TPSA) is 58.6 Å². The molecule has 138 valence electrons. The highest BCUT2D eigenvalue weighted by Crippen LogP contribution is 2.23. The molecule has 2 rings (SSSR count). The number of benzene rings is 2. The number of hydrogen-bond acceptors (Lipinski definition) is 3. The molecule has 26 heavy (non-hydrogen) atoms. The lowest BCUT2D eigenvalue weighted by atomic mass is 10.1. The first-order valence-electron chi connectivity index (χ1n) is 8.05. The molecule has 2 aromatic rings. The van der Waals surface area contributed by atoms with Crippen LogP contribution in [0.15, 0.2) is 48.5 Å². The Labute approximate surface area is 162 Å². The maximum Gasteiger partial charge on any atom is 0.261 e. The second-order valence-corrected chi connectivity index (χ2v) is 6.49. The van der Waals surface area contributed by atoms with Gasteiger partial charge in [0, 0.05) is 23.6 Å². The van der Waals surface area contributed by atoms with Crippen molar-refractivity contribution >= 4 is 35.0 Å². The standard InChI is InChI=1S/C19H20Cl2N2O3/c1-13(19(25)22-2)23(11-14-8-9-15(20)10-17(14)21)18(24)12-26-16-6-4-3-5-7-16/h3-10,13H,11-12H2,1-2H3,(H,22,25). The Balaban J connectivity index is 2.16. The number of halogens is 2. The normalized spacial score (nSPS) is 11.5. The molecule has 1 unspecified atom stereocenters. The molecule has 2 aromatic carbocycles. The maximum atomic E-state index is 12.7. The Morgan fingerprint density at radius 3 is 2.46 bits per heavy atom. The first-order valence-corrected chi connectivity index (χ1v) is 8.80. The molecule has 0 fully saturated rings. The van der Waals surface area contributed by atoms with Crippen molar-refractivity contribution in [3.05, 3.63) is 64.1 Å². The fraction of sp³-hybridized carbons (Fsp3) is 0.263. The lowest BCUT2D eigenvalue weighted by molar-refractivity contribution is -0.142. The van der Waals surface area contributed by atoms with Crippen LogP contribution < -0.4 is 10.1 Å². The van der Waals surface area contributed by atoms with Gasteiger partial charge >= 0.3 is 0 Å². The summed E-state index contributed by atoms with van der Waals surface area (Å²) in [5.74, 6) is -0.0166. The monoisotopic (exact) mass is 394 g/mol. The smallest absolute Gasteiger partial charge is 0.261 e. The second-order valence-electron chi connectivity index (χ2n) is 5.65. The van der Waals surface area contributed by atoms with Gasteiger partial charge in [0.15, 0.2) is 6.61 Å². The summed E-state index contributed by atoms with van der Waals surface area (Å²) in [6.07, 6.45) is 0. The Morgan fingerprint density at radius 2 is 1.85 bits per heavy atom. The summed E-state index contributed by atoms with van der Waals surface area (Å²) in [6, 6.07) is 13.4. The number of nitrogens with one attached hydrogen (secondary N) is 1. The number of amides is 2. The van der Waals surface area contributed by atoms with Crippen molar-refractivity contribution < 1.29 is 14.3 Å². The van der Waals surface area contributed by atoms with Crippen LogP contribution in [0.3, 0.4) is 0 Å². The van der Waals surface area contributed by atoms with E-state index in [0.29, 0.717) is 21.4 Å². The molecular formula is C19H20Cl2N2O3. The molecular weight excluding hydrogens is 375 g/mol. The fourth-order valence-electron chi connectivity index (χ4n) is 2.37. The van der Waals surface area contributed by atoms with Gasteiger partial charge in [-0.25, -0.2) is 0 Å². The first-order chi connectivity index (χ1) is 12.4. The van der Waals surface area contributed by atoms with Crippen LogP contribution in [0, 0.1) is 0 Å². The molecule has 0 aliphatic rings. The minimum Gasteiger partial charge on any atom is -0.484 e. The van der Waals surface area contributed by atoms with E-state index in [1.54, 1.807) is 37.3 Å². The zero-order valence-corrected chi connectivity index (χ0v) is 16.1. The van der Waals surface area contributed by atoms with E-state index in [0.717, 1.165) is 0 Å².